The highest BCUT2D eigenvalue weighted by Crippen LogP contribution is 2.33. The van der Waals surface area contributed by atoms with Crippen molar-refractivity contribution in [3.63, 3.8) is 0 Å². The quantitative estimate of drug-likeness (QED) is 0.426. The number of aromatic amines is 1. The summed E-state index contributed by atoms with van der Waals surface area (Å²) in [6.07, 6.45) is 1.15. The maximum absolute atomic E-state index is 11.3. The minimum absolute atomic E-state index is 0.0530. The van der Waals surface area contributed by atoms with Gasteiger partial charge in [-0.1, -0.05) is 0 Å². The Morgan fingerprint density at radius 2 is 2.22 bits per heavy atom. The van der Waals surface area contributed by atoms with Gasteiger partial charge in [0.25, 0.3) is 11.2 Å². The van der Waals surface area contributed by atoms with E-state index < -0.39 is 4.92 Å². The van der Waals surface area contributed by atoms with Crippen LogP contribution < -0.4 is 15.7 Å². The number of aryl methyl sites for hydroxylation is 1. The molecule has 120 valence electrons. The first-order valence-corrected chi connectivity index (χ1v) is 6.33. The number of aromatic nitrogens is 2. The summed E-state index contributed by atoms with van der Waals surface area (Å²) in [5.41, 5.74) is 2.42. The van der Waals surface area contributed by atoms with E-state index in [1.165, 1.54) is 13.2 Å². The molecule has 2 rings (SSSR count). The smallest absolute Gasteiger partial charge is 0.274 e. The van der Waals surface area contributed by atoms with Crippen LogP contribution in [0.4, 0.5) is 11.6 Å². The van der Waals surface area contributed by atoms with Crippen LogP contribution in [0, 0.1) is 17.0 Å². The lowest BCUT2D eigenvalue weighted by Crippen LogP contribution is -2.10. The molecule has 3 N–H and O–H groups in total. The standard InChI is InChI=1S/C13H13N5O5/c1-7-3-11(19)16-13(15-7)17-14-6-8-4-9(18(21)22)5-10(23-2)12(8)20/h3-6,20H,1-2H3,(H2,15,16,17,19)/b14-6-. The Morgan fingerprint density at radius 3 is 2.83 bits per heavy atom. The maximum Gasteiger partial charge on any atom is 0.274 e. The van der Waals surface area contributed by atoms with Crippen LogP contribution in [-0.4, -0.2) is 33.3 Å². The van der Waals surface area contributed by atoms with Crippen molar-refractivity contribution >= 4 is 17.9 Å². The van der Waals surface area contributed by atoms with Gasteiger partial charge in [-0.25, -0.2) is 10.4 Å². The third-order valence-electron chi connectivity index (χ3n) is 2.76. The first kappa shape index (κ1) is 15.9. The van der Waals surface area contributed by atoms with Crippen LogP contribution in [0.2, 0.25) is 0 Å². The molecule has 0 unspecified atom stereocenters. The molecule has 0 saturated heterocycles. The number of anilines is 1. The Balaban J connectivity index is 2.29. The molecule has 0 saturated carbocycles. The van der Waals surface area contributed by atoms with Gasteiger partial charge in [-0.15, -0.1) is 0 Å². The molecule has 0 fully saturated rings. The predicted octanol–water partition coefficient (Wildman–Crippen LogP) is 1.15. The van der Waals surface area contributed by atoms with E-state index >= 15 is 0 Å². The SMILES string of the molecule is COc1cc([N+](=O)[O-])cc(/C=N\Nc2nc(C)cc(=O)[nH]2)c1O. The first-order chi connectivity index (χ1) is 10.9. The van der Waals surface area contributed by atoms with Gasteiger partial charge in [0, 0.05) is 23.4 Å². The van der Waals surface area contributed by atoms with E-state index in [0.29, 0.717) is 5.69 Å². The summed E-state index contributed by atoms with van der Waals surface area (Å²) >= 11 is 0. The molecular weight excluding hydrogens is 306 g/mol. The lowest BCUT2D eigenvalue weighted by molar-refractivity contribution is -0.385. The van der Waals surface area contributed by atoms with Gasteiger partial charge in [-0.3, -0.25) is 19.9 Å². The fraction of sp³-hybridized carbons (Fsp3) is 0.154. The van der Waals surface area contributed by atoms with Gasteiger partial charge in [-0.05, 0) is 6.92 Å². The number of H-pyrrole nitrogens is 1. The maximum atomic E-state index is 11.3. The molecule has 1 aromatic heterocycles. The van der Waals surface area contributed by atoms with Crippen molar-refractivity contribution in [2.24, 2.45) is 5.10 Å². The number of benzene rings is 1. The van der Waals surface area contributed by atoms with Gasteiger partial charge in [0.05, 0.1) is 24.3 Å². The lowest BCUT2D eigenvalue weighted by atomic mass is 10.2. The van der Waals surface area contributed by atoms with Crippen LogP contribution in [0.1, 0.15) is 11.3 Å². The Kier molecular flexibility index (Phi) is 4.55. The van der Waals surface area contributed by atoms with Crippen LogP contribution >= 0.6 is 0 Å². The number of aromatic hydroxyl groups is 1. The highest BCUT2D eigenvalue weighted by Gasteiger charge is 2.15. The number of hydrogen-bond donors (Lipinski definition) is 3. The highest BCUT2D eigenvalue weighted by atomic mass is 16.6. The second-order valence-electron chi connectivity index (χ2n) is 4.45. The fourth-order valence-electron chi connectivity index (χ4n) is 1.77. The van der Waals surface area contributed by atoms with E-state index in [0.717, 1.165) is 18.3 Å². The molecule has 0 spiro atoms. The topological polar surface area (TPSA) is 143 Å². The van der Waals surface area contributed by atoms with Crippen molar-refractivity contribution in [1.82, 2.24) is 9.97 Å². The van der Waals surface area contributed by atoms with Crippen molar-refractivity contribution in [2.75, 3.05) is 12.5 Å². The summed E-state index contributed by atoms with van der Waals surface area (Å²) in [5, 5.41) is 24.6. The van der Waals surface area contributed by atoms with Gasteiger partial charge in [0.2, 0.25) is 5.95 Å². The largest absolute Gasteiger partial charge is 0.504 e. The van der Waals surface area contributed by atoms with E-state index in [4.69, 9.17) is 4.74 Å². The highest BCUT2D eigenvalue weighted by molar-refractivity contribution is 5.86. The lowest BCUT2D eigenvalue weighted by Gasteiger charge is -2.06. The van der Waals surface area contributed by atoms with Crippen LogP contribution in [-0.2, 0) is 0 Å². The summed E-state index contributed by atoms with van der Waals surface area (Å²) in [7, 11) is 1.28. The number of methoxy groups -OCH3 is 1. The Labute approximate surface area is 129 Å². The molecule has 0 radical (unpaired) electrons. The molecule has 2 aromatic rings. The van der Waals surface area contributed by atoms with Crippen molar-refractivity contribution in [2.45, 2.75) is 6.92 Å². The number of hydrazone groups is 1. The van der Waals surface area contributed by atoms with E-state index in [9.17, 15) is 20.0 Å². The zero-order valence-electron chi connectivity index (χ0n) is 12.2. The number of nitrogens with zero attached hydrogens (tertiary/aromatic N) is 3. The van der Waals surface area contributed by atoms with Gasteiger partial charge in [-0.2, -0.15) is 5.10 Å². The van der Waals surface area contributed by atoms with Crippen LogP contribution in [0.5, 0.6) is 11.5 Å². The summed E-state index contributed by atoms with van der Waals surface area (Å²) < 4.78 is 4.88. The fourth-order valence-corrected chi connectivity index (χ4v) is 1.77. The van der Waals surface area contributed by atoms with E-state index in [1.807, 2.05) is 0 Å². The number of non-ortho nitro benzene ring substituents is 1. The molecule has 10 heteroatoms. The van der Waals surface area contributed by atoms with Crippen LogP contribution in [0.15, 0.2) is 28.1 Å². The Bertz CT molecular complexity index is 830. The minimum atomic E-state index is -0.619. The number of phenolic OH excluding ortho intramolecular Hbond substituents is 1. The molecule has 23 heavy (non-hydrogen) atoms. The first-order valence-electron chi connectivity index (χ1n) is 6.33. The van der Waals surface area contributed by atoms with Crippen molar-refractivity contribution in [1.29, 1.82) is 0 Å². The van der Waals surface area contributed by atoms with Gasteiger partial charge in [0.15, 0.2) is 11.5 Å². The molecule has 0 amide bonds. The summed E-state index contributed by atoms with van der Waals surface area (Å²) in [4.78, 5) is 27.9. The van der Waals surface area contributed by atoms with Crippen molar-refractivity contribution in [3.05, 3.63) is 49.9 Å². The third kappa shape index (κ3) is 3.81. The third-order valence-corrected chi connectivity index (χ3v) is 2.76. The average molecular weight is 319 g/mol. The van der Waals surface area contributed by atoms with Crippen molar-refractivity contribution in [3.8, 4) is 11.5 Å². The van der Waals surface area contributed by atoms with Gasteiger partial charge < -0.3 is 9.84 Å². The van der Waals surface area contributed by atoms with E-state index in [2.05, 4.69) is 20.5 Å². The molecule has 0 aliphatic heterocycles. The number of phenols is 1. The Morgan fingerprint density at radius 1 is 1.48 bits per heavy atom. The normalized spacial score (nSPS) is 10.7. The van der Waals surface area contributed by atoms with Gasteiger partial charge in [0.1, 0.15) is 0 Å². The summed E-state index contributed by atoms with van der Waals surface area (Å²) in [6.45, 7) is 1.64. The van der Waals surface area contributed by atoms with E-state index in [1.54, 1.807) is 6.92 Å². The number of rotatable bonds is 5. The molecule has 10 nitrogen and oxygen atoms in total. The molecule has 0 aliphatic rings. The molecule has 1 aromatic carbocycles. The Hall–Kier alpha value is -3.43. The van der Waals surface area contributed by atoms with Crippen LogP contribution in [0.25, 0.3) is 0 Å². The van der Waals surface area contributed by atoms with Crippen molar-refractivity contribution < 1.29 is 14.8 Å². The second kappa shape index (κ2) is 6.56. The predicted molar refractivity (Wildman–Crippen MR) is 82.1 cm³/mol. The molecule has 0 atom stereocenters. The number of nitro benzene ring substituents is 1. The molecule has 0 bridgehead atoms. The van der Waals surface area contributed by atoms with Gasteiger partial charge >= 0.3 is 0 Å². The second-order valence-corrected chi connectivity index (χ2v) is 4.45. The molecule has 0 aliphatic carbocycles. The number of nitrogens with one attached hydrogen (secondary N) is 2. The number of nitro groups is 1. The van der Waals surface area contributed by atoms with Crippen LogP contribution in [0.3, 0.4) is 0 Å². The summed E-state index contributed by atoms with van der Waals surface area (Å²) in [6, 6.07) is 3.54. The minimum Gasteiger partial charge on any atom is -0.504 e. The summed E-state index contributed by atoms with van der Waals surface area (Å²) in [5.74, 6) is -0.250. The molecular formula is C13H13N5O5. The zero-order chi connectivity index (χ0) is 17.0. The number of hydrogen-bond acceptors (Lipinski definition) is 8. The zero-order valence-corrected chi connectivity index (χ0v) is 12.2. The van der Waals surface area contributed by atoms with E-state index in [-0.39, 0.29) is 34.3 Å². The average Bonchev–Trinajstić information content (AvgIpc) is 2.47. The number of ether oxygens (including phenoxy) is 1. The molecule has 1 heterocycles. The monoisotopic (exact) mass is 319 g/mol.